The molecule has 0 aliphatic heterocycles. The van der Waals surface area contributed by atoms with E-state index in [2.05, 4.69) is 56.7 Å². The topological polar surface area (TPSA) is 69.9 Å². The third-order valence-electron chi connectivity index (χ3n) is 11.3. The van der Waals surface area contributed by atoms with E-state index < -0.39 is 0 Å². The zero-order valence-electron chi connectivity index (χ0n) is 36.3. The Morgan fingerprint density at radius 3 is 0.923 bits per heavy atom. The first-order valence-corrected chi connectivity index (χ1v) is 23.1. The number of unbranched alkanes of at least 4 members (excludes halogenated alkanes) is 26. The zero-order valence-corrected chi connectivity index (χ0v) is 36.3. The first-order valence-electron chi connectivity index (χ1n) is 23.1. The normalized spacial score (nSPS) is 12.9. The van der Waals surface area contributed by atoms with Crippen LogP contribution in [0.5, 0.6) is 0 Å². The standard InChI is InChI=1S/C46H94N4O2/c1-7-9-11-13-15-17-19-21-23-25-27-29-31-33-37-43(45(47)51)44(46(52)50(41-35-39-48(3)4)42-36-40-49(5)6)38-34-32-30-28-26-24-22-20-18-16-14-12-10-8-2/h43-44H,7-42H2,1-6H3,(H2,47,51). The maximum absolute atomic E-state index is 14.3. The number of carbonyl (C=O) groups excluding carboxylic acids is 2. The van der Waals surface area contributed by atoms with Gasteiger partial charge in [-0.25, -0.2) is 0 Å². The van der Waals surface area contributed by atoms with Crippen LogP contribution in [-0.2, 0) is 9.59 Å². The molecule has 310 valence electrons. The van der Waals surface area contributed by atoms with E-state index in [0.717, 1.165) is 77.5 Å². The highest BCUT2D eigenvalue weighted by molar-refractivity contribution is 5.87. The van der Waals surface area contributed by atoms with Crippen molar-refractivity contribution in [2.75, 3.05) is 54.4 Å². The molecule has 2 amide bonds. The molecule has 2 atom stereocenters. The smallest absolute Gasteiger partial charge is 0.226 e. The molecule has 6 nitrogen and oxygen atoms in total. The minimum Gasteiger partial charge on any atom is -0.369 e. The van der Waals surface area contributed by atoms with Crippen LogP contribution in [0, 0.1) is 11.8 Å². The van der Waals surface area contributed by atoms with Gasteiger partial charge in [-0.3, -0.25) is 9.59 Å². The average Bonchev–Trinajstić information content (AvgIpc) is 3.11. The van der Waals surface area contributed by atoms with E-state index >= 15 is 0 Å². The highest BCUT2D eigenvalue weighted by atomic mass is 16.2. The number of primary amides is 1. The first-order chi connectivity index (χ1) is 25.2. The second-order valence-corrected chi connectivity index (χ2v) is 17.0. The quantitative estimate of drug-likeness (QED) is 0.0635. The Morgan fingerprint density at radius 1 is 0.385 bits per heavy atom. The highest BCUT2D eigenvalue weighted by Gasteiger charge is 2.34. The number of amides is 2. The Kier molecular flexibility index (Phi) is 37.3. The molecule has 0 saturated heterocycles. The number of rotatable bonds is 41. The summed E-state index contributed by atoms with van der Waals surface area (Å²) in [5.41, 5.74) is 6.14. The predicted molar refractivity (Wildman–Crippen MR) is 229 cm³/mol. The molecule has 0 aliphatic carbocycles. The van der Waals surface area contributed by atoms with Crippen molar-refractivity contribution in [2.45, 2.75) is 219 Å². The van der Waals surface area contributed by atoms with Crippen LogP contribution in [0.1, 0.15) is 219 Å². The largest absolute Gasteiger partial charge is 0.369 e. The summed E-state index contributed by atoms with van der Waals surface area (Å²) in [4.78, 5) is 33.8. The molecule has 0 saturated carbocycles. The molecule has 0 radical (unpaired) electrons. The van der Waals surface area contributed by atoms with Crippen molar-refractivity contribution >= 4 is 11.8 Å². The zero-order chi connectivity index (χ0) is 38.5. The summed E-state index contributed by atoms with van der Waals surface area (Å²) in [5.74, 6) is -0.714. The third kappa shape index (κ3) is 32.3. The van der Waals surface area contributed by atoms with Crippen LogP contribution in [0.3, 0.4) is 0 Å². The van der Waals surface area contributed by atoms with E-state index in [0.29, 0.717) is 0 Å². The van der Waals surface area contributed by atoms with Crippen LogP contribution in [0.25, 0.3) is 0 Å². The molecule has 6 heteroatoms. The van der Waals surface area contributed by atoms with Crippen molar-refractivity contribution in [3.05, 3.63) is 0 Å². The molecule has 0 spiro atoms. The minimum absolute atomic E-state index is 0.182. The molecule has 0 fully saturated rings. The summed E-state index contributed by atoms with van der Waals surface area (Å²) in [6, 6.07) is 0. The van der Waals surface area contributed by atoms with E-state index in [1.54, 1.807) is 0 Å². The van der Waals surface area contributed by atoms with Gasteiger partial charge < -0.3 is 20.4 Å². The van der Waals surface area contributed by atoms with Crippen LogP contribution in [0.15, 0.2) is 0 Å². The summed E-state index contributed by atoms with van der Waals surface area (Å²) in [6.07, 6.45) is 40.4. The highest BCUT2D eigenvalue weighted by Crippen LogP contribution is 2.28. The molecular weight excluding hydrogens is 641 g/mol. The van der Waals surface area contributed by atoms with Gasteiger partial charge in [-0.15, -0.1) is 0 Å². The number of hydrogen-bond donors (Lipinski definition) is 1. The lowest BCUT2D eigenvalue weighted by molar-refractivity contribution is -0.142. The van der Waals surface area contributed by atoms with Crippen molar-refractivity contribution < 1.29 is 9.59 Å². The van der Waals surface area contributed by atoms with E-state index in [1.807, 2.05) is 0 Å². The Balaban J connectivity index is 4.94. The molecule has 0 bridgehead atoms. The fraction of sp³-hybridized carbons (Fsp3) is 0.957. The summed E-state index contributed by atoms with van der Waals surface area (Å²) < 4.78 is 0. The number of hydrogen-bond acceptors (Lipinski definition) is 4. The Labute approximate surface area is 326 Å². The minimum atomic E-state index is -0.350. The third-order valence-corrected chi connectivity index (χ3v) is 11.3. The van der Waals surface area contributed by atoms with Gasteiger partial charge in [0.05, 0.1) is 0 Å². The second-order valence-electron chi connectivity index (χ2n) is 17.0. The maximum atomic E-state index is 14.3. The SMILES string of the molecule is CCCCCCCCCCCCCCCCC(C(N)=O)C(CCCCCCCCCCCCCCCC)C(=O)N(CCCN(C)C)CCCN(C)C. The average molecular weight is 735 g/mol. The monoisotopic (exact) mass is 735 g/mol. The summed E-state index contributed by atoms with van der Waals surface area (Å²) >= 11 is 0. The van der Waals surface area contributed by atoms with Gasteiger partial charge in [-0.1, -0.05) is 194 Å². The Morgan fingerprint density at radius 2 is 0.654 bits per heavy atom. The van der Waals surface area contributed by atoms with Gasteiger partial charge in [-0.2, -0.15) is 0 Å². The van der Waals surface area contributed by atoms with Crippen molar-refractivity contribution in [1.82, 2.24) is 14.7 Å². The molecule has 0 aromatic rings. The number of nitrogens with two attached hydrogens (primary N) is 1. The molecule has 0 aromatic heterocycles. The van der Waals surface area contributed by atoms with Crippen LogP contribution < -0.4 is 5.73 Å². The van der Waals surface area contributed by atoms with Gasteiger partial charge in [0.2, 0.25) is 11.8 Å². The summed E-state index contributed by atoms with van der Waals surface area (Å²) in [7, 11) is 8.37. The van der Waals surface area contributed by atoms with Gasteiger partial charge in [-0.05, 0) is 67.0 Å². The Hall–Kier alpha value is -1.14. The van der Waals surface area contributed by atoms with Gasteiger partial charge in [0, 0.05) is 24.9 Å². The van der Waals surface area contributed by atoms with Crippen LogP contribution in [-0.4, -0.2) is 80.9 Å². The first kappa shape index (κ1) is 50.9. The lowest BCUT2D eigenvalue weighted by Crippen LogP contribution is -2.44. The van der Waals surface area contributed by atoms with E-state index in [1.165, 1.54) is 154 Å². The Bertz CT molecular complexity index is 759. The van der Waals surface area contributed by atoms with Crippen LogP contribution in [0.2, 0.25) is 0 Å². The van der Waals surface area contributed by atoms with Crippen molar-refractivity contribution in [3.8, 4) is 0 Å². The fourth-order valence-corrected chi connectivity index (χ4v) is 7.88. The maximum Gasteiger partial charge on any atom is 0.226 e. The molecule has 0 aliphatic rings. The van der Waals surface area contributed by atoms with E-state index in [-0.39, 0.29) is 23.7 Å². The molecule has 2 unspecified atom stereocenters. The molecule has 52 heavy (non-hydrogen) atoms. The van der Waals surface area contributed by atoms with Crippen molar-refractivity contribution in [3.63, 3.8) is 0 Å². The number of carbonyl (C=O) groups is 2. The summed E-state index contributed by atoms with van der Waals surface area (Å²) in [6.45, 7) is 7.99. The lowest BCUT2D eigenvalue weighted by Gasteiger charge is -2.32. The van der Waals surface area contributed by atoms with Crippen molar-refractivity contribution in [2.24, 2.45) is 17.6 Å². The van der Waals surface area contributed by atoms with Crippen molar-refractivity contribution in [1.29, 1.82) is 0 Å². The van der Waals surface area contributed by atoms with Gasteiger partial charge in [0.15, 0.2) is 0 Å². The molecular formula is C46H94N4O2. The summed E-state index contributed by atoms with van der Waals surface area (Å²) in [5, 5.41) is 0. The van der Waals surface area contributed by atoms with E-state index in [4.69, 9.17) is 5.73 Å². The fourth-order valence-electron chi connectivity index (χ4n) is 7.88. The molecule has 2 N–H and O–H groups in total. The molecule has 0 rings (SSSR count). The lowest BCUT2D eigenvalue weighted by atomic mass is 9.82. The van der Waals surface area contributed by atoms with Crippen LogP contribution >= 0.6 is 0 Å². The van der Waals surface area contributed by atoms with E-state index in [9.17, 15) is 9.59 Å². The number of nitrogens with zero attached hydrogens (tertiary/aromatic N) is 3. The van der Waals surface area contributed by atoms with Gasteiger partial charge in [0.25, 0.3) is 0 Å². The van der Waals surface area contributed by atoms with Crippen LogP contribution in [0.4, 0.5) is 0 Å². The second kappa shape index (κ2) is 38.1. The van der Waals surface area contributed by atoms with Gasteiger partial charge >= 0.3 is 0 Å². The predicted octanol–water partition coefficient (Wildman–Crippen LogP) is 12.2. The van der Waals surface area contributed by atoms with Gasteiger partial charge in [0.1, 0.15) is 0 Å². The molecule has 0 heterocycles. The molecule has 0 aromatic carbocycles.